The lowest BCUT2D eigenvalue weighted by molar-refractivity contribution is 0.0601. The first kappa shape index (κ1) is 15.1. The molecular weight excluding hydrogens is 298 g/mol. The Morgan fingerprint density at radius 3 is 2.70 bits per heavy atom. The summed E-state index contributed by atoms with van der Waals surface area (Å²) in [4.78, 5) is 24.2. The van der Waals surface area contributed by atoms with Gasteiger partial charge in [-0.3, -0.25) is 9.89 Å². The molecule has 0 radical (unpaired) electrons. The first-order valence-electron chi connectivity index (χ1n) is 7.25. The summed E-state index contributed by atoms with van der Waals surface area (Å²) in [6, 6.07) is 6.51. The monoisotopic (exact) mass is 315 g/mol. The molecular formula is C16H17N3O4. The van der Waals surface area contributed by atoms with Crippen LogP contribution < -0.4 is 10.1 Å². The predicted molar refractivity (Wildman–Crippen MR) is 82.8 cm³/mol. The molecule has 1 aromatic carbocycles. The third-order valence-electron chi connectivity index (χ3n) is 3.73. The van der Waals surface area contributed by atoms with Gasteiger partial charge in [-0.1, -0.05) is 0 Å². The maximum atomic E-state index is 12.3. The fourth-order valence-electron chi connectivity index (χ4n) is 2.28. The number of ether oxygens (including phenoxy) is 2. The maximum Gasteiger partial charge on any atom is 0.340 e. The van der Waals surface area contributed by atoms with Gasteiger partial charge in [0.05, 0.1) is 25.5 Å². The highest BCUT2D eigenvalue weighted by Gasteiger charge is 2.26. The van der Waals surface area contributed by atoms with Crippen molar-refractivity contribution in [2.75, 3.05) is 19.5 Å². The number of H-pyrrole nitrogens is 1. The molecule has 0 atom stereocenters. The van der Waals surface area contributed by atoms with Gasteiger partial charge in [-0.2, -0.15) is 5.10 Å². The maximum absolute atomic E-state index is 12.3. The molecule has 7 nitrogen and oxygen atoms in total. The van der Waals surface area contributed by atoms with Gasteiger partial charge < -0.3 is 14.8 Å². The number of methoxy groups -OCH3 is 2. The Kier molecular flexibility index (Phi) is 4.01. The third kappa shape index (κ3) is 3.18. The number of amides is 1. The quantitative estimate of drug-likeness (QED) is 0.826. The van der Waals surface area contributed by atoms with Gasteiger partial charge in [-0.25, -0.2) is 4.79 Å². The van der Waals surface area contributed by atoms with E-state index in [1.165, 1.54) is 20.3 Å². The Balaban J connectivity index is 1.82. The third-order valence-corrected chi connectivity index (χ3v) is 3.73. The molecule has 120 valence electrons. The van der Waals surface area contributed by atoms with E-state index in [2.05, 4.69) is 15.5 Å². The van der Waals surface area contributed by atoms with Crippen LogP contribution in [0.3, 0.4) is 0 Å². The standard InChI is InChI=1S/C16H17N3O4/c1-22-10-5-6-12(11(7-10)16(21)23-2)17-15(20)14-8-13(18-19-14)9-3-4-9/h5-9H,3-4H2,1-2H3,(H,17,20)(H,18,19). The van der Waals surface area contributed by atoms with Crippen LogP contribution in [0.5, 0.6) is 5.75 Å². The zero-order valence-electron chi connectivity index (χ0n) is 12.9. The van der Waals surface area contributed by atoms with Gasteiger partial charge >= 0.3 is 5.97 Å². The zero-order chi connectivity index (χ0) is 16.4. The Bertz CT molecular complexity index is 750. The van der Waals surface area contributed by atoms with E-state index in [0.717, 1.165) is 18.5 Å². The van der Waals surface area contributed by atoms with E-state index >= 15 is 0 Å². The first-order valence-corrected chi connectivity index (χ1v) is 7.25. The van der Waals surface area contributed by atoms with Crippen LogP contribution in [-0.4, -0.2) is 36.3 Å². The van der Waals surface area contributed by atoms with Crippen LogP contribution in [0.2, 0.25) is 0 Å². The lowest BCUT2D eigenvalue weighted by atomic mass is 10.1. The van der Waals surface area contributed by atoms with Crippen molar-refractivity contribution >= 4 is 17.6 Å². The number of hydrogen-bond acceptors (Lipinski definition) is 5. The van der Waals surface area contributed by atoms with E-state index in [0.29, 0.717) is 23.0 Å². The van der Waals surface area contributed by atoms with Crippen LogP contribution in [-0.2, 0) is 4.74 Å². The van der Waals surface area contributed by atoms with Crippen LogP contribution in [0.15, 0.2) is 24.3 Å². The summed E-state index contributed by atoms with van der Waals surface area (Å²) in [5.74, 6) is 0.0400. The smallest absolute Gasteiger partial charge is 0.340 e. The molecule has 7 heteroatoms. The van der Waals surface area contributed by atoms with Gasteiger partial charge in [0.1, 0.15) is 5.75 Å². The van der Waals surface area contributed by atoms with Gasteiger partial charge in [0.25, 0.3) is 5.91 Å². The second kappa shape index (κ2) is 6.12. The molecule has 23 heavy (non-hydrogen) atoms. The fraction of sp³-hybridized carbons (Fsp3) is 0.312. The zero-order valence-corrected chi connectivity index (χ0v) is 12.9. The van der Waals surface area contributed by atoms with E-state index in [-0.39, 0.29) is 11.5 Å². The van der Waals surface area contributed by atoms with E-state index in [4.69, 9.17) is 9.47 Å². The summed E-state index contributed by atoms with van der Waals surface area (Å²) in [6.07, 6.45) is 2.24. The van der Waals surface area contributed by atoms with Crippen molar-refractivity contribution in [2.24, 2.45) is 0 Å². The summed E-state index contributed by atoms with van der Waals surface area (Å²) >= 11 is 0. The summed E-state index contributed by atoms with van der Waals surface area (Å²) in [6.45, 7) is 0. The van der Waals surface area contributed by atoms with Gasteiger partial charge in [-0.15, -0.1) is 0 Å². The largest absolute Gasteiger partial charge is 0.497 e. The number of rotatable bonds is 5. The first-order chi connectivity index (χ1) is 11.1. The van der Waals surface area contributed by atoms with Crippen LogP contribution in [0.4, 0.5) is 5.69 Å². The molecule has 1 aliphatic rings. The molecule has 1 heterocycles. The minimum Gasteiger partial charge on any atom is -0.497 e. The number of aromatic nitrogens is 2. The number of aromatic amines is 1. The minimum absolute atomic E-state index is 0.221. The summed E-state index contributed by atoms with van der Waals surface area (Å²) in [7, 11) is 2.78. The molecule has 1 aliphatic carbocycles. The van der Waals surface area contributed by atoms with E-state index in [1.54, 1.807) is 18.2 Å². The average Bonchev–Trinajstić information content (AvgIpc) is 3.31. The SMILES string of the molecule is COC(=O)c1cc(OC)ccc1NC(=O)c1cc(C2CC2)[nH]n1. The van der Waals surface area contributed by atoms with Gasteiger partial charge in [0.15, 0.2) is 5.69 Å². The van der Waals surface area contributed by atoms with Crippen molar-refractivity contribution < 1.29 is 19.1 Å². The molecule has 0 bridgehead atoms. The molecule has 0 aliphatic heterocycles. The van der Waals surface area contributed by atoms with Crippen LogP contribution >= 0.6 is 0 Å². The number of benzene rings is 1. The molecule has 3 rings (SSSR count). The number of carbonyl (C=O) groups excluding carboxylic acids is 2. The van der Waals surface area contributed by atoms with E-state index < -0.39 is 5.97 Å². The predicted octanol–water partition coefficient (Wildman–Crippen LogP) is 2.33. The number of nitrogens with zero attached hydrogens (tertiary/aromatic N) is 1. The topological polar surface area (TPSA) is 93.3 Å². The normalized spacial score (nSPS) is 13.5. The number of hydrogen-bond donors (Lipinski definition) is 2. The number of carbonyl (C=O) groups is 2. The van der Waals surface area contributed by atoms with Crippen LogP contribution in [0, 0.1) is 0 Å². The lowest BCUT2D eigenvalue weighted by Crippen LogP contribution is -2.16. The van der Waals surface area contributed by atoms with E-state index in [9.17, 15) is 9.59 Å². The molecule has 1 aromatic heterocycles. The van der Waals surface area contributed by atoms with E-state index in [1.807, 2.05) is 0 Å². The molecule has 0 spiro atoms. The highest BCUT2D eigenvalue weighted by atomic mass is 16.5. The van der Waals surface area contributed by atoms with Crippen molar-refractivity contribution in [1.82, 2.24) is 10.2 Å². The molecule has 1 fully saturated rings. The Morgan fingerprint density at radius 1 is 1.26 bits per heavy atom. The van der Waals surface area contributed by atoms with Crippen molar-refractivity contribution in [3.8, 4) is 5.75 Å². The Hall–Kier alpha value is -2.83. The van der Waals surface area contributed by atoms with Gasteiger partial charge in [-0.05, 0) is 37.1 Å². The van der Waals surface area contributed by atoms with Gasteiger partial charge in [0.2, 0.25) is 0 Å². The molecule has 0 saturated heterocycles. The molecule has 0 unspecified atom stereocenters. The number of esters is 1. The summed E-state index contributed by atoms with van der Waals surface area (Å²) in [5.41, 5.74) is 1.83. The van der Waals surface area contributed by atoms with Crippen molar-refractivity contribution in [3.05, 3.63) is 41.2 Å². The van der Waals surface area contributed by atoms with Crippen molar-refractivity contribution in [3.63, 3.8) is 0 Å². The molecule has 1 amide bonds. The molecule has 2 aromatic rings. The fourth-order valence-corrected chi connectivity index (χ4v) is 2.28. The van der Waals surface area contributed by atoms with Gasteiger partial charge in [0, 0.05) is 11.6 Å². The second-order valence-electron chi connectivity index (χ2n) is 5.34. The lowest BCUT2D eigenvalue weighted by Gasteiger charge is -2.10. The second-order valence-corrected chi connectivity index (χ2v) is 5.34. The summed E-state index contributed by atoms with van der Waals surface area (Å²) in [5, 5.41) is 9.59. The Morgan fingerprint density at radius 2 is 2.04 bits per heavy atom. The number of anilines is 1. The summed E-state index contributed by atoms with van der Waals surface area (Å²) < 4.78 is 9.83. The highest BCUT2D eigenvalue weighted by molar-refractivity contribution is 6.07. The molecule has 2 N–H and O–H groups in total. The average molecular weight is 315 g/mol. The van der Waals surface area contributed by atoms with Crippen molar-refractivity contribution in [1.29, 1.82) is 0 Å². The number of nitrogens with one attached hydrogen (secondary N) is 2. The molecule has 1 saturated carbocycles. The van der Waals surface area contributed by atoms with Crippen molar-refractivity contribution in [2.45, 2.75) is 18.8 Å². The highest BCUT2D eigenvalue weighted by Crippen LogP contribution is 2.39. The minimum atomic E-state index is -0.556. The Labute approximate surface area is 133 Å². The van der Waals surface area contributed by atoms with Crippen LogP contribution in [0.1, 0.15) is 45.3 Å². The van der Waals surface area contributed by atoms with Crippen LogP contribution in [0.25, 0.3) is 0 Å².